The molecule has 0 bridgehead atoms. The van der Waals surface area contributed by atoms with Crippen molar-refractivity contribution in [2.24, 2.45) is 5.92 Å². The molecule has 0 radical (unpaired) electrons. The van der Waals surface area contributed by atoms with Crippen molar-refractivity contribution >= 4 is 11.7 Å². The largest absolute Gasteiger partial charge is 0.355 e. The van der Waals surface area contributed by atoms with Gasteiger partial charge in [0.05, 0.1) is 0 Å². The second-order valence-electron chi connectivity index (χ2n) is 5.58. The number of hydrogen-bond donors (Lipinski definition) is 0. The molecule has 1 saturated carbocycles. The molecule has 1 saturated heterocycles. The van der Waals surface area contributed by atoms with Crippen LogP contribution >= 0.6 is 0 Å². The first kappa shape index (κ1) is 12.5. The number of aromatic nitrogens is 1. The van der Waals surface area contributed by atoms with Gasteiger partial charge in [0.2, 0.25) is 5.91 Å². The monoisotopic (exact) mass is 259 g/mol. The topological polar surface area (TPSA) is 36.4 Å². The number of carbonyl (C=O) groups is 1. The van der Waals surface area contributed by atoms with Gasteiger partial charge in [-0.05, 0) is 38.3 Å². The van der Waals surface area contributed by atoms with Crippen molar-refractivity contribution in [1.82, 2.24) is 9.88 Å². The summed E-state index contributed by atoms with van der Waals surface area (Å²) in [6.07, 6.45) is 3.23. The van der Waals surface area contributed by atoms with Crippen molar-refractivity contribution in [3.05, 3.63) is 23.9 Å². The van der Waals surface area contributed by atoms with E-state index < -0.39 is 0 Å². The molecule has 0 aromatic carbocycles. The van der Waals surface area contributed by atoms with Gasteiger partial charge in [0.25, 0.3) is 0 Å². The third-order valence-electron chi connectivity index (χ3n) is 3.93. The molecule has 4 nitrogen and oxygen atoms in total. The van der Waals surface area contributed by atoms with E-state index in [0.717, 1.165) is 57.0 Å². The average Bonchev–Trinajstić information content (AvgIpc) is 3.24. The Morgan fingerprint density at radius 3 is 2.79 bits per heavy atom. The molecular formula is C15H21N3O. The summed E-state index contributed by atoms with van der Waals surface area (Å²) in [5.74, 6) is 1.75. The van der Waals surface area contributed by atoms with E-state index in [1.165, 1.54) is 0 Å². The van der Waals surface area contributed by atoms with Crippen LogP contribution in [0.3, 0.4) is 0 Å². The summed E-state index contributed by atoms with van der Waals surface area (Å²) in [5, 5.41) is 0. The Morgan fingerprint density at radius 2 is 2.05 bits per heavy atom. The highest BCUT2D eigenvalue weighted by atomic mass is 16.2. The molecular weight excluding hydrogens is 238 g/mol. The first-order valence-corrected chi connectivity index (χ1v) is 7.21. The van der Waals surface area contributed by atoms with E-state index in [2.05, 4.69) is 22.0 Å². The standard InChI is InChI=1S/C15H21N3O/c1-12-4-2-5-14(16-12)17-8-3-9-18(11-10-17)15(19)13-6-7-13/h2,4-5,13H,3,6-11H2,1H3. The molecule has 2 heterocycles. The maximum absolute atomic E-state index is 12.1. The Labute approximate surface area is 114 Å². The highest BCUT2D eigenvalue weighted by molar-refractivity contribution is 5.81. The number of rotatable bonds is 2. The van der Waals surface area contributed by atoms with Gasteiger partial charge >= 0.3 is 0 Å². The summed E-state index contributed by atoms with van der Waals surface area (Å²) in [6, 6.07) is 6.13. The molecule has 3 rings (SSSR count). The zero-order valence-corrected chi connectivity index (χ0v) is 11.5. The van der Waals surface area contributed by atoms with Gasteiger partial charge in [0, 0.05) is 37.8 Å². The molecule has 19 heavy (non-hydrogen) atoms. The summed E-state index contributed by atoms with van der Waals surface area (Å²) < 4.78 is 0. The fraction of sp³-hybridized carbons (Fsp3) is 0.600. The van der Waals surface area contributed by atoms with Crippen molar-refractivity contribution in [3.8, 4) is 0 Å². The van der Waals surface area contributed by atoms with Crippen LogP contribution in [0.2, 0.25) is 0 Å². The molecule has 1 aliphatic carbocycles. The van der Waals surface area contributed by atoms with Gasteiger partial charge in [-0.2, -0.15) is 0 Å². The van der Waals surface area contributed by atoms with Gasteiger partial charge in [-0.15, -0.1) is 0 Å². The summed E-state index contributed by atoms with van der Waals surface area (Å²) >= 11 is 0. The van der Waals surface area contributed by atoms with Crippen molar-refractivity contribution in [3.63, 3.8) is 0 Å². The van der Waals surface area contributed by atoms with E-state index in [1.807, 2.05) is 17.9 Å². The zero-order chi connectivity index (χ0) is 13.2. The summed E-state index contributed by atoms with van der Waals surface area (Å²) in [7, 11) is 0. The number of carbonyl (C=O) groups excluding carboxylic acids is 1. The lowest BCUT2D eigenvalue weighted by Gasteiger charge is -2.23. The minimum Gasteiger partial charge on any atom is -0.355 e. The Hall–Kier alpha value is -1.58. The summed E-state index contributed by atoms with van der Waals surface area (Å²) in [6.45, 7) is 5.65. The number of anilines is 1. The lowest BCUT2D eigenvalue weighted by Crippen LogP contribution is -2.36. The SMILES string of the molecule is Cc1cccc(N2CCCN(C(=O)C3CC3)CC2)n1. The Balaban J connectivity index is 1.65. The van der Waals surface area contributed by atoms with E-state index in [-0.39, 0.29) is 0 Å². The van der Waals surface area contributed by atoms with Gasteiger partial charge in [-0.3, -0.25) is 4.79 Å². The van der Waals surface area contributed by atoms with Crippen LogP contribution in [0.15, 0.2) is 18.2 Å². The van der Waals surface area contributed by atoms with Crippen molar-refractivity contribution in [2.75, 3.05) is 31.1 Å². The Morgan fingerprint density at radius 1 is 1.21 bits per heavy atom. The van der Waals surface area contributed by atoms with E-state index in [9.17, 15) is 4.79 Å². The van der Waals surface area contributed by atoms with Crippen molar-refractivity contribution in [1.29, 1.82) is 0 Å². The Bertz CT molecular complexity index is 470. The lowest BCUT2D eigenvalue weighted by molar-refractivity contribution is -0.132. The number of amides is 1. The second-order valence-corrected chi connectivity index (χ2v) is 5.58. The van der Waals surface area contributed by atoms with E-state index in [0.29, 0.717) is 11.8 Å². The number of hydrogen-bond acceptors (Lipinski definition) is 3. The van der Waals surface area contributed by atoms with Crippen LogP contribution in [-0.4, -0.2) is 42.0 Å². The highest BCUT2D eigenvalue weighted by Crippen LogP contribution is 2.31. The second kappa shape index (κ2) is 5.19. The number of aryl methyl sites for hydroxylation is 1. The van der Waals surface area contributed by atoms with Crippen LogP contribution in [0.1, 0.15) is 25.0 Å². The molecule has 1 amide bonds. The first-order chi connectivity index (χ1) is 9.24. The number of nitrogens with zero attached hydrogens (tertiary/aromatic N) is 3. The molecule has 102 valence electrons. The van der Waals surface area contributed by atoms with E-state index in [1.54, 1.807) is 0 Å². The van der Waals surface area contributed by atoms with Crippen LogP contribution in [0.25, 0.3) is 0 Å². The van der Waals surface area contributed by atoms with Crippen LogP contribution in [-0.2, 0) is 4.79 Å². The smallest absolute Gasteiger partial charge is 0.225 e. The van der Waals surface area contributed by atoms with Crippen molar-refractivity contribution < 1.29 is 4.79 Å². The third-order valence-corrected chi connectivity index (χ3v) is 3.93. The molecule has 0 N–H and O–H groups in total. The first-order valence-electron chi connectivity index (χ1n) is 7.21. The normalized spacial score (nSPS) is 20.3. The van der Waals surface area contributed by atoms with Crippen LogP contribution in [0.5, 0.6) is 0 Å². The van der Waals surface area contributed by atoms with Crippen LogP contribution < -0.4 is 4.90 Å². The van der Waals surface area contributed by atoms with Crippen molar-refractivity contribution in [2.45, 2.75) is 26.2 Å². The van der Waals surface area contributed by atoms with Gasteiger partial charge in [0.15, 0.2) is 0 Å². The van der Waals surface area contributed by atoms with Crippen LogP contribution in [0.4, 0.5) is 5.82 Å². The molecule has 0 unspecified atom stereocenters. The van der Waals surface area contributed by atoms with Crippen LogP contribution in [0, 0.1) is 12.8 Å². The molecule has 1 aliphatic heterocycles. The quantitative estimate of drug-likeness (QED) is 0.813. The minimum absolute atomic E-state index is 0.337. The fourth-order valence-corrected chi connectivity index (χ4v) is 2.66. The number of pyridine rings is 1. The molecule has 0 spiro atoms. The van der Waals surface area contributed by atoms with E-state index >= 15 is 0 Å². The molecule has 0 atom stereocenters. The predicted octanol–water partition coefficient (Wildman–Crippen LogP) is 1.84. The molecule has 2 aliphatic rings. The van der Waals surface area contributed by atoms with Gasteiger partial charge in [-0.1, -0.05) is 6.07 Å². The third kappa shape index (κ3) is 2.88. The summed E-state index contributed by atoms with van der Waals surface area (Å²) in [4.78, 5) is 21.0. The summed E-state index contributed by atoms with van der Waals surface area (Å²) in [5.41, 5.74) is 1.05. The molecule has 2 fully saturated rings. The lowest BCUT2D eigenvalue weighted by atomic mass is 10.3. The molecule has 1 aromatic rings. The maximum atomic E-state index is 12.1. The van der Waals surface area contributed by atoms with E-state index in [4.69, 9.17) is 0 Å². The fourth-order valence-electron chi connectivity index (χ4n) is 2.66. The Kier molecular flexibility index (Phi) is 3.40. The minimum atomic E-state index is 0.337. The maximum Gasteiger partial charge on any atom is 0.225 e. The molecule has 1 aromatic heterocycles. The highest BCUT2D eigenvalue weighted by Gasteiger charge is 2.33. The predicted molar refractivity (Wildman–Crippen MR) is 75.1 cm³/mol. The van der Waals surface area contributed by atoms with Gasteiger partial charge in [0.1, 0.15) is 5.82 Å². The average molecular weight is 259 g/mol. The molecule has 4 heteroatoms. The van der Waals surface area contributed by atoms with Gasteiger partial charge in [-0.25, -0.2) is 4.98 Å². The zero-order valence-electron chi connectivity index (χ0n) is 11.5. The van der Waals surface area contributed by atoms with Gasteiger partial charge < -0.3 is 9.80 Å².